The first-order chi connectivity index (χ1) is 17.5. The van der Waals surface area contributed by atoms with Gasteiger partial charge in [-0.3, -0.25) is 4.79 Å². The maximum atomic E-state index is 13.0. The molecule has 182 valence electrons. The SMILES string of the molecule is C=CC(=O)Nc1ccc(N2CCN(c3cc(-c4cnn(C(F)F)c4)cn4ncc(C#N)c34)CC2)cn1. The second kappa shape index (κ2) is 9.46. The zero-order valence-electron chi connectivity index (χ0n) is 19.1. The number of amides is 1. The van der Waals surface area contributed by atoms with E-state index in [4.69, 9.17) is 0 Å². The Kier molecular flexibility index (Phi) is 6.03. The molecule has 12 heteroatoms. The molecule has 1 saturated heterocycles. The lowest BCUT2D eigenvalue weighted by molar-refractivity contribution is -0.111. The minimum Gasteiger partial charge on any atom is -0.367 e. The van der Waals surface area contributed by atoms with Crippen LogP contribution in [0.3, 0.4) is 0 Å². The fraction of sp³-hybridized carbons (Fsp3) is 0.208. The van der Waals surface area contributed by atoms with E-state index in [0.717, 1.165) is 11.4 Å². The molecule has 0 bridgehead atoms. The Hall–Kier alpha value is -4.79. The number of piperazine rings is 1. The van der Waals surface area contributed by atoms with E-state index in [9.17, 15) is 18.8 Å². The van der Waals surface area contributed by atoms with Gasteiger partial charge in [0.25, 0.3) is 0 Å². The minimum absolute atomic E-state index is 0.324. The number of nitrogens with zero attached hydrogens (tertiary/aromatic N) is 8. The van der Waals surface area contributed by atoms with Gasteiger partial charge in [-0.2, -0.15) is 24.2 Å². The predicted molar refractivity (Wildman–Crippen MR) is 130 cm³/mol. The van der Waals surface area contributed by atoms with Crippen LogP contribution in [0.2, 0.25) is 0 Å². The zero-order chi connectivity index (χ0) is 25.2. The second-order valence-electron chi connectivity index (χ2n) is 8.13. The van der Waals surface area contributed by atoms with E-state index >= 15 is 0 Å². The second-order valence-corrected chi connectivity index (χ2v) is 8.13. The number of rotatable bonds is 6. The lowest BCUT2D eigenvalue weighted by Gasteiger charge is -2.37. The number of pyridine rings is 2. The van der Waals surface area contributed by atoms with Gasteiger partial charge < -0.3 is 15.1 Å². The summed E-state index contributed by atoms with van der Waals surface area (Å²) in [7, 11) is 0. The molecule has 1 N–H and O–H groups in total. The Morgan fingerprint density at radius 3 is 2.50 bits per heavy atom. The number of hydrogen-bond donors (Lipinski definition) is 1. The van der Waals surface area contributed by atoms with E-state index < -0.39 is 6.55 Å². The molecule has 4 aromatic rings. The van der Waals surface area contributed by atoms with Crippen molar-refractivity contribution >= 4 is 28.6 Å². The molecule has 0 aromatic carbocycles. The third-order valence-electron chi connectivity index (χ3n) is 6.02. The normalized spacial score (nSPS) is 13.7. The maximum Gasteiger partial charge on any atom is 0.333 e. The number of fused-ring (bicyclic) bond motifs is 1. The molecular weight excluding hydrogens is 468 g/mol. The lowest BCUT2D eigenvalue weighted by atomic mass is 10.1. The van der Waals surface area contributed by atoms with Crippen LogP contribution in [-0.2, 0) is 4.79 Å². The average molecular weight is 489 g/mol. The summed E-state index contributed by atoms with van der Waals surface area (Å²) in [4.78, 5) is 20.1. The molecule has 5 heterocycles. The molecule has 0 unspecified atom stereocenters. The van der Waals surface area contributed by atoms with Gasteiger partial charge in [-0.05, 0) is 24.3 Å². The van der Waals surface area contributed by atoms with E-state index in [2.05, 4.69) is 42.9 Å². The van der Waals surface area contributed by atoms with E-state index in [1.165, 1.54) is 24.7 Å². The van der Waals surface area contributed by atoms with Crippen molar-refractivity contribution in [3.63, 3.8) is 0 Å². The number of hydrogen-bond acceptors (Lipinski definition) is 7. The summed E-state index contributed by atoms with van der Waals surface area (Å²) in [5, 5.41) is 20.3. The highest BCUT2D eigenvalue weighted by Crippen LogP contribution is 2.32. The third kappa shape index (κ3) is 4.34. The molecule has 1 fully saturated rings. The van der Waals surface area contributed by atoms with Crippen LogP contribution in [0.5, 0.6) is 0 Å². The molecule has 5 rings (SSSR count). The Morgan fingerprint density at radius 2 is 1.86 bits per heavy atom. The quantitative estimate of drug-likeness (QED) is 0.414. The van der Waals surface area contributed by atoms with Crippen molar-refractivity contribution < 1.29 is 13.6 Å². The van der Waals surface area contributed by atoms with Gasteiger partial charge in [-0.1, -0.05) is 6.58 Å². The third-order valence-corrected chi connectivity index (χ3v) is 6.02. The van der Waals surface area contributed by atoms with Crippen LogP contribution in [0.4, 0.5) is 26.0 Å². The van der Waals surface area contributed by atoms with Crippen molar-refractivity contribution in [3.8, 4) is 17.2 Å². The average Bonchev–Trinajstić information content (AvgIpc) is 3.56. The van der Waals surface area contributed by atoms with Gasteiger partial charge in [-0.15, -0.1) is 0 Å². The highest BCUT2D eigenvalue weighted by molar-refractivity contribution is 5.98. The van der Waals surface area contributed by atoms with E-state index in [1.807, 2.05) is 12.1 Å². The molecule has 1 aliphatic heterocycles. The van der Waals surface area contributed by atoms with Crippen molar-refractivity contribution in [2.45, 2.75) is 6.55 Å². The van der Waals surface area contributed by atoms with E-state index in [0.29, 0.717) is 58.9 Å². The Labute approximate surface area is 204 Å². The number of halogens is 2. The minimum atomic E-state index is -2.73. The summed E-state index contributed by atoms with van der Waals surface area (Å²) >= 11 is 0. The van der Waals surface area contributed by atoms with Crippen LogP contribution >= 0.6 is 0 Å². The van der Waals surface area contributed by atoms with Crippen molar-refractivity contribution in [2.24, 2.45) is 0 Å². The number of carbonyl (C=O) groups excluding carboxylic acids is 1. The van der Waals surface area contributed by atoms with Gasteiger partial charge in [0.2, 0.25) is 5.91 Å². The van der Waals surface area contributed by atoms with Crippen molar-refractivity contribution in [1.29, 1.82) is 5.26 Å². The fourth-order valence-corrected chi connectivity index (χ4v) is 4.20. The summed E-state index contributed by atoms with van der Waals surface area (Å²) in [5.41, 5.74) is 4.02. The van der Waals surface area contributed by atoms with Gasteiger partial charge in [0, 0.05) is 49.7 Å². The molecule has 1 amide bonds. The highest BCUT2D eigenvalue weighted by Gasteiger charge is 2.23. The highest BCUT2D eigenvalue weighted by atomic mass is 19.3. The molecule has 0 saturated carbocycles. The molecule has 0 aliphatic carbocycles. The number of anilines is 3. The zero-order valence-corrected chi connectivity index (χ0v) is 19.1. The molecule has 1 aliphatic rings. The maximum absolute atomic E-state index is 13.0. The lowest BCUT2D eigenvalue weighted by Crippen LogP contribution is -2.46. The first-order valence-electron chi connectivity index (χ1n) is 11.1. The number of alkyl halides is 2. The topological polar surface area (TPSA) is 107 Å². The largest absolute Gasteiger partial charge is 0.367 e. The molecular formula is C24H21F2N9O. The van der Waals surface area contributed by atoms with Crippen LogP contribution in [0.1, 0.15) is 12.1 Å². The van der Waals surface area contributed by atoms with Gasteiger partial charge in [0.1, 0.15) is 17.4 Å². The summed E-state index contributed by atoms with van der Waals surface area (Å²) in [6.07, 6.45) is 8.78. The summed E-state index contributed by atoms with van der Waals surface area (Å²) in [6, 6.07) is 7.70. The molecule has 4 aromatic heterocycles. The molecule has 10 nitrogen and oxygen atoms in total. The molecule has 0 spiro atoms. The number of nitrogens with one attached hydrogen (secondary N) is 1. The summed E-state index contributed by atoms with van der Waals surface area (Å²) in [6.45, 7) is 3.38. The van der Waals surface area contributed by atoms with Crippen LogP contribution < -0.4 is 15.1 Å². The van der Waals surface area contributed by atoms with Crippen LogP contribution in [0.25, 0.3) is 16.6 Å². The molecule has 0 atom stereocenters. The van der Waals surface area contributed by atoms with Crippen LogP contribution in [0.15, 0.2) is 61.8 Å². The van der Waals surface area contributed by atoms with Gasteiger partial charge in [0.05, 0.1) is 35.5 Å². The van der Waals surface area contributed by atoms with Gasteiger partial charge in [-0.25, -0.2) is 14.2 Å². The van der Waals surface area contributed by atoms with Crippen LogP contribution in [0, 0.1) is 11.3 Å². The Morgan fingerprint density at radius 1 is 1.08 bits per heavy atom. The first-order valence-corrected chi connectivity index (χ1v) is 11.1. The molecule has 0 radical (unpaired) electrons. The summed E-state index contributed by atoms with van der Waals surface area (Å²) < 4.78 is 28.3. The van der Waals surface area contributed by atoms with Crippen molar-refractivity contribution in [3.05, 3.63) is 67.4 Å². The number of aromatic nitrogens is 5. The fourth-order valence-electron chi connectivity index (χ4n) is 4.20. The Balaban J connectivity index is 1.39. The van der Waals surface area contributed by atoms with Crippen LogP contribution in [-0.4, -0.2) is 56.5 Å². The predicted octanol–water partition coefficient (Wildman–Crippen LogP) is 3.31. The monoisotopic (exact) mass is 489 g/mol. The Bertz CT molecular complexity index is 1460. The molecule has 36 heavy (non-hydrogen) atoms. The van der Waals surface area contributed by atoms with Crippen molar-refractivity contribution in [1.82, 2.24) is 24.4 Å². The van der Waals surface area contributed by atoms with Crippen molar-refractivity contribution in [2.75, 3.05) is 41.3 Å². The van der Waals surface area contributed by atoms with E-state index in [1.54, 1.807) is 23.0 Å². The number of nitriles is 1. The number of carbonyl (C=O) groups is 1. The summed E-state index contributed by atoms with van der Waals surface area (Å²) in [5.74, 6) is 0.122. The smallest absolute Gasteiger partial charge is 0.333 e. The first kappa shape index (κ1) is 23.0. The van der Waals surface area contributed by atoms with E-state index in [-0.39, 0.29) is 5.91 Å². The standard InChI is InChI=1S/C24H21F2N9O/c1-2-22(36)31-21-4-3-19(13-28-21)32-5-7-33(8-6-32)20-9-16(18-12-30-35(15-18)24(25)26)14-34-23(20)17(10-27)11-29-34/h2-4,9,11-15,24H,1,5-8H2,(H,28,31,36). The van der Waals surface area contributed by atoms with Gasteiger partial charge in [0.15, 0.2) is 0 Å². The van der Waals surface area contributed by atoms with Gasteiger partial charge >= 0.3 is 6.55 Å².